The van der Waals surface area contributed by atoms with E-state index in [0.29, 0.717) is 5.92 Å². The van der Waals surface area contributed by atoms with Crippen LogP contribution in [-0.2, 0) is 6.42 Å². The number of hydrogen-bond donors (Lipinski definition) is 2. The van der Waals surface area contributed by atoms with Gasteiger partial charge in [-0.25, -0.2) is 9.97 Å². The molecule has 0 spiro atoms. The maximum absolute atomic E-state index is 4.50. The lowest BCUT2D eigenvalue weighted by Crippen LogP contribution is -2.12. The molecule has 4 nitrogen and oxygen atoms in total. The predicted molar refractivity (Wildman–Crippen MR) is 84.3 cm³/mol. The minimum Gasteiger partial charge on any atom is -0.373 e. The maximum atomic E-state index is 4.50. The lowest BCUT2D eigenvalue weighted by molar-refractivity contribution is 0.798. The highest BCUT2D eigenvalue weighted by Crippen LogP contribution is 2.17. The minimum absolute atomic E-state index is 0.439. The summed E-state index contributed by atoms with van der Waals surface area (Å²) in [4.78, 5) is 8.90. The van der Waals surface area contributed by atoms with Gasteiger partial charge in [0.15, 0.2) is 0 Å². The fraction of sp³-hybridized carbons (Fsp3) is 0.375. The summed E-state index contributed by atoms with van der Waals surface area (Å²) in [6.45, 7) is 5.13. The fourth-order valence-corrected chi connectivity index (χ4v) is 2.03. The van der Waals surface area contributed by atoms with Crippen molar-refractivity contribution in [2.75, 3.05) is 24.2 Å². The highest BCUT2D eigenvalue weighted by molar-refractivity contribution is 5.47. The summed E-state index contributed by atoms with van der Waals surface area (Å²) in [5.74, 6) is 3.02. The number of rotatable bonds is 6. The van der Waals surface area contributed by atoms with Crippen LogP contribution in [0.5, 0.6) is 0 Å². The monoisotopic (exact) mass is 270 g/mol. The number of aryl methyl sites for hydroxylation is 1. The van der Waals surface area contributed by atoms with Crippen LogP contribution < -0.4 is 10.6 Å². The first-order valence-corrected chi connectivity index (χ1v) is 7.07. The molecule has 0 fully saturated rings. The number of benzene rings is 1. The molecule has 0 amide bonds. The Bertz CT molecular complexity index is 517. The van der Waals surface area contributed by atoms with Crippen molar-refractivity contribution in [1.82, 2.24) is 9.97 Å². The molecule has 1 atom stereocenters. The largest absolute Gasteiger partial charge is 0.373 e. The normalized spacial score (nSPS) is 11.9. The van der Waals surface area contributed by atoms with Crippen LogP contribution in [0.15, 0.2) is 36.4 Å². The van der Waals surface area contributed by atoms with Crippen LogP contribution >= 0.6 is 0 Å². The summed E-state index contributed by atoms with van der Waals surface area (Å²) < 4.78 is 0. The van der Waals surface area contributed by atoms with Crippen molar-refractivity contribution in [1.29, 1.82) is 0 Å². The van der Waals surface area contributed by atoms with Crippen molar-refractivity contribution < 1.29 is 0 Å². The van der Waals surface area contributed by atoms with E-state index in [2.05, 4.69) is 58.7 Å². The van der Waals surface area contributed by atoms with Gasteiger partial charge in [0.25, 0.3) is 0 Å². The maximum Gasteiger partial charge on any atom is 0.132 e. The van der Waals surface area contributed by atoms with Crippen LogP contribution in [0, 0.1) is 0 Å². The molecular weight excluding hydrogens is 248 g/mol. The molecule has 1 aromatic heterocycles. The van der Waals surface area contributed by atoms with E-state index in [4.69, 9.17) is 0 Å². The number of anilines is 2. The van der Waals surface area contributed by atoms with Crippen LogP contribution in [0.2, 0.25) is 0 Å². The van der Waals surface area contributed by atoms with Gasteiger partial charge < -0.3 is 10.6 Å². The SMILES string of the molecule is CCc1nc(NC)cc(NCC(C)c2ccccc2)n1. The first-order chi connectivity index (χ1) is 9.72. The zero-order valence-electron chi connectivity index (χ0n) is 12.4. The first-order valence-electron chi connectivity index (χ1n) is 7.07. The van der Waals surface area contributed by atoms with Gasteiger partial charge in [-0.15, -0.1) is 0 Å². The summed E-state index contributed by atoms with van der Waals surface area (Å²) in [5.41, 5.74) is 1.33. The molecule has 2 aromatic rings. The Morgan fingerprint density at radius 2 is 1.80 bits per heavy atom. The molecule has 0 saturated heterocycles. The average Bonchev–Trinajstić information content (AvgIpc) is 2.53. The zero-order chi connectivity index (χ0) is 14.4. The molecule has 20 heavy (non-hydrogen) atoms. The Balaban J connectivity index is 2.03. The summed E-state index contributed by atoms with van der Waals surface area (Å²) in [6.07, 6.45) is 0.832. The van der Waals surface area contributed by atoms with E-state index in [1.54, 1.807) is 0 Å². The molecule has 0 radical (unpaired) electrons. The smallest absolute Gasteiger partial charge is 0.132 e. The third kappa shape index (κ3) is 3.70. The number of hydrogen-bond acceptors (Lipinski definition) is 4. The van der Waals surface area contributed by atoms with Crippen LogP contribution in [0.25, 0.3) is 0 Å². The first kappa shape index (κ1) is 14.3. The zero-order valence-corrected chi connectivity index (χ0v) is 12.4. The van der Waals surface area contributed by atoms with Crippen LogP contribution in [0.3, 0.4) is 0 Å². The van der Waals surface area contributed by atoms with Crippen LogP contribution in [0.4, 0.5) is 11.6 Å². The number of aromatic nitrogens is 2. The summed E-state index contributed by atoms with van der Waals surface area (Å²) in [7, 11) is 1.87. The van der Waals surface area contributed by atoms with Gasteiger partial charge in [-0.1, -0.05) is 44.2 Å². The standard InChI is InChI=1S/C16H22N4/c1-4-14-19-15(17-3)10-16(20-14)18-11-12(2)13-8-6-5-7-9-13/h5-10,12H,4,11H2,1-3H3,(H2,17,18,19,20). The van der Waals surface area contributed by atoms with Gasteiger partial charge in [0.2, 0.25) is 0 Å². The van der Waals surface area contributed by atoms with Crippen molar-refractivity contribution in [3.05, 3.63) is 47.8 Å². The molecule has 1 aromatic carbocycles. The van der Waals surface area contributed by atoms with E-state index in [1.807, 2.05) is 19.2 Å². The molecular formula is C16H22N4. The molecule has 2 rings (SSSR count). The van der Waals surface area contributed by atoms with E-state index in [0.717, 1.165) is 30.4 Å². The third-order valence-electron chi connectivity index (χ3n) is 3.30. The number of nitrogens with one attached hydrogen (secondary N) is 2. The van der Waals surface area contributed by atoms with Crippen LogP contribution in [0.1, 0.15) is 31.2 Å². The Hall–Kier alpha value is -2.10. The van der Waals surface area contributed by atoms with Gasteiger partial charge >= 0.3 is 0 Å². The molecule has 106 valence electrons. The number of nitrogens with zero attached hydrogens (tertiary/aromatic N) is 2. The molecule has 0 aliphatic heterocycles. The molecule has 0 bridgehead atoms. The summed E-state index contributed by atoms with van der Waals surface area (Å²) in [6, 6.07) is 12.4. The molecule has 1 unspecified atom stereocenters. The molecule has 0 aliphatic rings. The summed E-state index contributed by atoms with van der Waals surface area (Å²) >= 11 is 0. The third-order valence-corrected chi connectivity index (χ3v) is 3.30. The Kier molecular flexibility index (Phi) is 4.93. The molecule has 0 saturated carbocycles. The van der Waals surface area contributed by atoms with Gasteiger partial charge in [-0.2, -0.15) is 0 Å². The summed E-state index contributed by atoms with van der Waals surface area (Å²) in [5, 5.41) is 6.47. The van der Waals surface area contributed by atoms with Crippen molar-refractivity contribution in [3.8, 4) is 0 Å². The second-order valence-corrected chi connectivity index (χ2v) is 4.85. The van der Waals surface area contributed by atoms with E-state index in [9.17, 15) is 0 Å². The lowest BCUT2D eigenvalue weighted by atomic mass is 10.0. The fourth-order valence-electron chi connectivity index (χ4n) is 2.03. The average molecular weight is 270 g/mol. The molecule has 4 heteroatoms. The van der Waals surface area contributed by atoms with Crippen molar-refractivity contribution in [3.63, 3.8) is 0 Å². The second kappa shape index (κ2) is 6.89. The topological polar surface area (TPSA) is 49.8 Å². The molecule has 0 aliphatic carbocycles. The Labute approximate surface area is 120 Å². The highest BCUT2D eigenvalue weighted by atomic mass is 15.1. The van der Waals surface area contributed by atoms with E-state index >= 15 is 0 Å². The van der Waals surface area contributed by atoms with Gasteiger partial charge in [0.05, 0.1) is 0 Å². The van der Waals surface area contributed by atoms with Gasteiger partial charge in [-0.3, -0.25) is 0 Å². The van der Waals surface area contributed by atoms with Crippen molar-refractivity contribution in [2.24, 2.45) is 0 Å². The second-order valence-electron chi connectivity index (χ2n) is 4.85. The van der Waals surface area contributed by atoms with E-state index < -0.39 is 0 Å². The lowest BCUT2D eigenvalue weighted by Gasteiger charge is -2.14. The Morgan fingerprint density at radius 1 is 1.10 bits per heavy atom. The Morgan fingerprint density at radius 3 is 2.45 bits per heavy atom. The van der Waals surface area contributed by atoms with E-state index in [-0.39, 0.29) is 0 Å². The van der Waals surface area contributed by atoms with Crippen LogP contribution in [-0.4, -0.2) is 23.6 Å². The van der Waals surface area contributed by atoms with Gasteiger partial charge in [0.1, 0.15) is 17.5 Å². The van der Waals surface area contributed by atoms with Crippen molar-refractivity contribution in [2.45, 2.75) is 26.2 Å². The molecule has 2 N–H and O–H groups in total. The minimum atomic E-state index is 0.439. The van der Waals surface area contributed by atoms with E-state index in [1.165, 1.54) is 5.56 Å². The van der Waals surface area contributed by atoms with Crippen molar-refractivity contribution >= 4 is 11.6 Å². The van der Waals surface area contributed by atoms with Gasteiger partial charge in [0, 0.05) is 26.1 Å². The molecule has 1 heterocycles. The highest BCUT2D eigenvalue weighted by Gasteiger charge is 2.07. The van der Waals surface area contributed by atoms with Gasteiger partial charge in [-0.05, 0) is 11.5 Å². The predicted octanol–water partition coefficient (Wildman–Crippen LogP) is 3.30. The quantitative estimate of drug-likeness (QED) is 0.845.